The van der Waals surface area contributed by atoms with Crippen molar-refractivity contribution in [2.45, 2.75) is 20.0 Å². The Morgan fingerprint density at radius 2 is 1.83 bits per heavy atom. The zero-order chi connectivity index (χ0) is 20.2. The van der Waals surface area contributed by atoms with E-state index in [-0.39, 0.29) is 5.91 Å². The van der Waals surface area contributed by atoms with Crippen LogP contribution in [0.5, 0.6) is 5.75 Å². The van der Waals surface area contributed by atoms with Crippen LogP contribution in [-0.4, -0.2) is 15.3 Å². The summed E-state index contributed by atoms with van der Waals surface area (Å²) < 4.78 is 7.52. The number of pyridine rings is 1. The third-order valence-corrected chi connectivity index (χ3v) is 4.79. The minimum Gasteiger partial charge on any atom is -0.489 e. The van der Waals surface area contributed by atoms with E-state index in [1.165, 1.54) is 0 Å². The molecule has 0 bridgehead atoms. The average molecular weight is 406 g/mol. The summed E-state index contributed by atoms with van der Waals surface area (Å²) in [5.41, 5.74) is 3.70. The minimum atomic E-state index is -0.227. The summed E-state index contributed by atoms with van der Waals surface area (Å²) in [7, 11) is 0. The van der Waals surface area contributed by atoms with Crippen LogP contribution in [0.3, 0.4) is 0 Å². The molecule has 0 unspecified atom stereocenters. The molecule has 0 spiro atoms. The van der Waals surface area contributed by atoms with E-state index in [1.54, 1.807) is 22.7 Å². The van der Waals surface area contributed by atoms with Crippen LogP contribution in [0.15, 0.2) is 72.9 Å². The second-order valence-corrected chi connectivity index (χ2v) is 7.03. The van der Waals surface area contributed by atoms with E-state index < -0.39 is 0 Å². The predicted molar refractivity (Wildman–Crippen MR) is 115 cm³/mol. The number of fused-ring (bicyclic) bond motifs is 1. The lowest BCUT2D eigenvalue weighted by atomic mass is 10.2. The SMILES string of the molecule is CCc1nc2ccc(Cl)cn2c1C(=O)Nc1ccc(OCc2ccccc2)cc1. The Labute approximate surface area is 173 Å². The van der Waals surface area contributed by atoms with Gasteiger partial charge in [0.1, 0.15) is 23.7 Å². The number of imidazole rings is 1. The molecule has 0 aliphatic rings. The molecule has 1 N–H and O–H groups in total. The van der Waals surface area contributed by atoms with Gasteiger partial charge in [-0.1, -0.05) is 48.9 Å². The molecule has 4 rings (SSSR count). The summed E-state index contributed by atoms with van der Waals surface area (Å²) in [6, 6.07) is 20.9. The Bertz CT molecular complexity index is 1140. The highest BCUT2D eigenvalue weighted by Crippen LogP contribution is 2.21. The van der Waals surface area contributed by atoms with E-state index in [2.05, 4.69) is 10.3 Å². The molecule has 0 fully saturated rings. The molecule has 5 nitrogen and oxygen atoms in total. The number of hydrogen-bond acceptors (Lipinski definition) is 3. The fourth-order valence-corrected chi connectivity index (χ4v) is 3.28. The third-order valence-electron chi connectivity index (χ3n) is 4.57. The van der Waals surface area contributed by atoms with Crippen molar-refractivity contribution in [1.29, 1.82) is 0 Å². The Balaban J connectivity index is 1.49. The van der Waals surface area contributed by atoms with Crippen LogP contribution >= 0.6 is 11.6 Å². The van der Waals surface area contributed by atoms with Crippen molar-refractivity contribution in [2.24, 2.45) is 0 Å². The van der Waals surface area contributed by atoms with Crippen molar-refractivity contribution in [3.8, 4) is 5.75 Å². The molecule has 0 saturated heterocycles. The molecule has 0 atom stereocenters. The number of nitrogens with zero attached hydrogens (tertiary/aromatic N) is 2. The van der Waals surface area contributed by atoms with Gasteiger partial charge in [-0.3, -0.25) is 9.20 Å². The number of aromatic nitrogens is 2. The first kappa shape index (κ1) is 19.0. The summed E-state index contributed by atoms with van der Waals surface area (Å²) in [6.45, 7) is 2.47. The van der Waals surface area contributed by atoms with Crippen LogP contribution in [0.1, 0.15) is 28.7 Å². The maximum atomic E-state index is 12.9. The van der Waals surface area contributed by atoms with Gasteiger partial charge in [-0.25, -0.2) is 4.98 Å². The molecule has 0 aliphatic heterocycles. The lowest BCUT2D eigenvalue weighted by molar-refractivity contribution is 0.102. The fraction of sp³-hybridized carbons (Fsp3) is 0.130. The number of carbonyl (C=O) groups is 1. The summed E-state index contributed by atoms with van der Waals surface area (Å²) in [5, 5.41) is 3.48. The first-order chi connectivity index (χ1) is 14.1. The summed E-state index contributed by atoms with van der Waals surface area (Å²) in [5.74, 6) is 0.511. The monoisotopic (exact) mass is 405 g/mol. The Morgan fingerprint density at radius 3 is 2.55 bits per heavy atom. The second-order valence-electron chi connectivity index (χ2n) is 6.59. The van der Waals surface area contributed by atoms with E-state index in [0.717, 1.165) is 17.0 Å². The number of aryl methyl sites for hydroxylation is 1. The molecular weight excluding hydrogens is 386 g/mol. The Hall–Kier alpha value is -3.31. The number of benzene rings is 2. The Morgan fingerprint density at radius 1 is 1.07 bits per heavy atom. The Kier molecular flexibility index (Phi) is 5.49. The molecular formula is C23H20ClN3O2. The lowest BCUT2D eigenvalue weighted by Gasteiger charge is -2.09. The number of rotatable bonds is 6. The molecule has 6 heteroatoms. The van der Waals surface area contributed by atoms with Gasteiger partial charge < -0.3 is 10.1 Å². The van der Waals surface area contributed by atoms with Crippen molar-refractivity contribution in [3.05, 3.63) is 94.9 Å². The van der Waals surface area contributed by atoms with E-state index in [4.69, 9.17) is 16.3 Å². The molecule has 1 amide bonds. The van der Waals surface area contributed by atoms with Gasteiger partial charge in [-0.2, -0.15) is 0 Å². The van der Waals surface area contributed by atoms with E-state index in [9.17, 15) is 4.79 Å². The molecule has 2 aromatic heterocycles. The van der Waals surface area contributed by atoms with Crippen LogP contribution in [0, 0.1) is 0 Å². The first-order valence-electron chi connectivity index (χ1n) is 9.38. The number of amides is 1. The van der Waals surface area contributed by atoms with E-state index >= 15 is 0 Å². The van der Waals surface area contributed by atoms with Crippen LogP contribution in [0.2, 0.25) is 5.02 Å². The van der Waals surface area contributed by atoms with Crippen LogP contribution < -0.4 is 10.1 Å². The highest BCUT2D eigenvalue weighted by molar-refractivity contribution is 6.30. The summed E-state index contributed by atoms with van der Waals surface area (Å²) in [6.07, 6.45) is 2.35. The zero-order valence-electron chi connectivity index (χ0n) is 15.9. The first-order valence-corrected chi connectivity index (χ1v) is 9.76. The van der Waals surface area contributed by atoms with Gasteiger partial charge in [-0.05, 0) is 48.4 Å². The van der Waals surface area contributed by atoms with Gasteiger partial charge in [0.2, 0.25) is 0 Å². The highest BCUT2D eigenvalue weighted by atomic mass is 35.5. The smallest absolute Gasteiger partial charge is 0.274 e. The number of halogens is 1. The maximum Gasteiger partial charge on any atom is 0.274 e. The van der Waals surface area contributed by atoms with Crippen molar-refractivity contribution in [3.63, 3.8) is 0 Å². The number of hydrogen-bond donors (Lipinski definition) is 1. The highest BCUT2D eigenvalue weighted by Gasteiger charge is 2.18. The molecule has 0 aliphatic carbocycles. The van der Waals surface area contributed by atoms with E-state index in [0.29, 0.717) is 35.1 Å². The van der Waals surface area contributed by atoms with Crippen LogP contribution in [-0.2, 0) is 13.0 Å². The molecule has 0 radical (unpaired) electrons. The van der Waals surface area contributed by atoms with Crippen molar-refractivity contribution in [1.82, 2.24) is 9.38 Å². The standard InChI is InChI=1S/C23H20ClN3O2/c1-2-20-22(27-14-17(24)8-13-21(27)26-20)23(28)25-18-9-11-19(12-10-18)29-15-16-6-4-3-5-7-16/h3-14H,2,15H2,1H3,(H,25,28). The largest absolute Gasteiger partial charge is 0.489 e. The summed E-state index contributed by atoms with van der Waals surface area (Å²) >= 11 is 6.11. The van der Waals surface area contributed by atoms with Crippen molar-refractivity contribution < 1.29 is 9.53 Å². The van der Waals surface area contributed by atoms with Gasteiger partial charge in [0.25, 0.3) is 5.91 Å². The normalized spacial score (nSPS) is 10.8. The minimum absolute atomic E-state index is 0.227. The van der Waals surface area contributed by atoms with Crippen LogP contribution in [0.4, 0.5) is 5.69 Å². The van der Waals surface area contributed by atoms with E-state index in [1.807, 2.05) is 61.5 Å². The predicted octanol–water partition coefficient (Wildman–Crippen LogP) is 5.38. The fourth-order valence-electron chi connectivity index (χ4n) is 3.12. The van der Waals surface area contributed by atoms with Gasteiger partial charge >= 0.3 is 0 Å². The molecule has 0 saturated carbocycles. The lowest BCUT2D eigenvalue weighted by Crippen LogP contribution is -2.16. The quantitative estimate of drug-likeness (QED) is 0.468. The molecule has 29 heavy (non-hydrogen) atoms. The van der Waals surface area contributed by atoms with Gasteiger partial charge in [0.05, 0.1) is 10.7 Å². The number of ether oxygens (including phenoxy) is 1. The van der Waals surface area contributed by atoms with Crippen molar-refractivity contribution in [2.75, 3.05) is 5.32 Å². The zero-order valence-corrected chi connectivity index (χ0v) is 16.7. The topological polar surface area (TPSA) is 55.6 Å². The van der Waals surface area contributed by atoms with Crippen LogP contribution in [0.25, 0.3) is 5.65 Å². The van der Waals surface area contributed by atoms with Crippen molar-refractivity contribution >= 4 is 28.8 Å². The molecule has 2 heterocycles. The molecule has 4 aromatic rings. The molecule has 146 valence electrons. The average Bonchev–Trinajstić information content (AvgIpc) is 3.12. The van der Waals surface area contributed by atoms with Gasteiger partial charge in [0.15, 0.2) is 0 Å². The second kappa shape index (κ2) is 8.37. The summed E-state index contributed by atoms with van der Waals surface area (Å²) in [4.78, 5) is 17.5. The number of anilines is 1. The number of nitrogens with one attached hydrogen (secondary N) is 1. The van der Waals surface area contributed by atoms with Gasteiger partial charge in [-0.15, -0.1) is 0 Å². The third kappa shape index (κ3) is 4.25. The maximum absolute atomic E-state index is 12.9. The number of carbonyl (C=O) groups excluding carboxylic acids is 1. The molecule has 2 aromatic carbocycles. The van der Waals surface area contributed by atoms with Gasteiger partial charge in [0, 0.05) is 11.9 Å².